The van der Waals surface area contributed by atoms with Crippen LogP contribution in [0.25, 0.3) is 0 Å². The zero-order chi connectivity index (χ0) is 24.0. The van der Waals surface area contributed by atoms with Gasteiger partial charge >= 0.3 is 6.03 Å². The molecule has 8 heteroatoms. The molecule has 186 valence electrons. The van der Waals surface area contributed by atoms with Crippen LogP contribution in [0.15, 0.2) is 53.1 Å². The van der Waals surface area contributed by atoms with Crippen molar-refractivity contribution in [2.45, 2.75) is 32.7 Å². The summed E-state index contributed by atoms with van der Waals surface area (Å²) in [6, 6.07) is 13.6. The largest absolute Gasteiger partial charge is 0.467 e. The number of carbonyl (C=O) groups excluding carboxylic acids is 2. The Bertz CT molecular complexity index is 838. The fourth-order valence-electron chi connectivity index (χ4n) is 3.88. The topological polar surface area (TPSA) is 78.3 Å². The third-order valence-corrected chi connectivity index (χ3v) is 6.00. The van der Waals surface area contributed by atoms with Crippen molar-refractivity contribution in [3.63, 3.8) is 0 Å². The van der Waals surface area contributed by atoms with Crippen LogP contribution < -0.4 is 5.32 Å². The molecule has 3 rings (SSSR count). The van der Waals surface area contributed by atoms with E-state index < -0.39 is 0 Å². The van der Waals surface area contributed by atoms with Crippen LogP contribution in [-0.4, -0.2) is 85.7 Å². The second-order valence-electron chi connectivity index (χ2n) is 8.59. The highest BCUT2D eigenvalue weighted by molar-refractivity contribution is 5.84. The molecule has 1 fully saturated rings. The Morgan fingerprint density at radius 2 is 1.82 bits per heavy atom. The number of furan rings is 1. The molecule has 2 heterocycles. The fourth-order valence-corrected chi connectivity index (χ4v) is 3.88. The van der Waals surface area contributed by atoms with Crippen LogP contribution in [0.1, 0.15) is 31.1 Å². The van der Waals surface area contributed by atoms with Gasteiger partial charge in [-0.15, -0.1) is 0 Å². The minimum atomic E-state index is -0.184. The maximum atomic E-state index is 13.4. The van der Waals surface area contributed by atoms with Crippen molar-refractivity contribution < 1.29 is 18.7 Å². The standard InChI is InChI=1S/C26H38N4O4/c1-2-3-12-27-26(32)30(15-14-28-16-19-33-20-17-28)22-25(31)29(21-24-10-7-18-34-24)13-11-23-8-5-4-6-9-23/h4-10,18H,2-3,11-17,19-22H2,1H3,(H,27,32). The summed E-state index contributed by atoms with van der Waals surface area (Å²) in [5.74, 6) is 0.647. The van der Waals surface area contributed by atoms with Crippen molar-refractivity contribution in [3.8, 4) is 0 Å². The average molecular weight is 471 g/mol. The molecule has 1 aromatic heterocycles. The maximum Gasteiger partial charge on any atom is 0.317 e. The van der Waals surface area contributed by atoms with E-state index in [4.69, 9.17) is 9.15 Å². The third-order valence-electron chi connectivity index (χ3n) is 6.00. The number of carbonyl (C=O) groups is 2. The summed E-state index contributed by atoms with van der Waals surface area (Å²) in [5, 5.41) is 2.97. The molecule has 3 amide bonds. The molecule has 2 aromatic rings. The first kappa shape index (κ1) is 25.8. The Hall–Kier alpha value is -2.84. The fraction of sp³-hybridized carbons (Fsp3) is 0.538. The van der Waals surface area contributed by atoms with Gasteiger partial charge in [-0.1, -0.05) is 43.7 Å². The van der Waals surface area contributed by atoms with Gasteiger partial charge in [0.1, 0.15) is 12.3 Å². The maximum absolute atomic E-state index is 13.4. The van der Waals surface area contributed by atoms with Crippen molar-refractivity contribution in [1.82, 2.24) is 20.0 Å². The second kappa shape index (κ2) is 14.4. The van der Waals surface area contributed by atoms with E-state index in [9.17, 15) is 9.59 Å². The van der Waals surface area contributed by atoms with E-state index >= 15 is 0 Å². The molecule has 0 radical (unpaired) electrons. The molecule has 0 atom stereocenters. The molecule has 1 aromatic carbocycles. The summed E-state index contributed by atoms with van der Waals surface area (Å²) in [6.07, 6.45) is 4.27. The zero-order valence-corrected chi connectivity index (χ0v) is 20.3. The van der Waals surface area contributed by atoms with Crippen LogP contribution in [0.4, 0.5) is 4.79 Å². The molecule has 1 aliphatic heterocycles. The van der Waals surface area contributed by atoms with Gasteiger partial charge in [0.2, 0.25) is 5.91 Å². The van der Waals surface area contributed by atoms with Crippen LogP contribution in [0.3, 0.4) is 0 Å². The van der Waals surface area contributed by atoms with Gasteiger partial charge in [-0.05, 0) is 30.5 Å². The number of hydrogen-bond acceptors (Lipinski definition) is 5. The quantitative estimate of drug-likeness (QED) is 0.456. The molecular formula is C26H38N4O4. The number of ether oxygens (including phenoxy) is 1. The van der Waals surface area contributed by atoms with Gasteiger partial charge < -0.3 is 24.3 Å². The lowest BCUT2D eigenvalue weighted by molar-refractivity contribution is -0.132. The minimum absolute atomic E-state index is 0.0395. The highest BCUT2D eigenvalue weighted by atomic mass is 16.5. The van der Waals surface area contributed by atoms with E-state index in [1.54, 1.807) is 16.1 Å². The van der Waals surface area contributed by atoms with Crippen molar-refractivity contribution in [2.24, 2.45) is 0 Å². The summed E-state index contributed by atoms with van der Waals surface area (Å²) in [4.78, 5) is 32.0. The first-order valence-corrected chi connectivity index (χ1v) is 12.3. The number of unbranched alkanes of at least 4 members (excludes halogenated alkanes) is 1. The lowest BCUT2D eigenvalue weighted by Crippen LogP contribution is -2.50. The number of nitrogens with one attached hydrogen (secondary N) is 1. The molecule has 34 heavy (non-hydrogen) atoms. The number of benzene rings is 1. The summed E-state index contributed by atoms with van der Waals surface area (Å²) in [6.45, 7) is 8.01. The predicted molar refractivity (Wildman–Crippen MR) is 131 cm³/mol. The minimum Gasteiger partial charge on any atom is -0.467 e. The monoisotopic (exact) mass is 470 g/mol. The molecule has 0 unspecified atom stereocenters. The Morgan fingerprint density at radius 1 is 1.03 bits per heavy atom. The van der Waals surface area contributed by atoms with E-state index in [1.807, 2.05) is 30.3 Å². The molecule has 8 nitrogen and oxygen atoms in total. The first-order valence-electron chi connectivity index (χ1n) is 12.3. The van der Waals surface area contributed by atoms with Crippen molar-refractivity contribution in [3.05, 3.63) is 60.1 Å². The number of hydrogen-bond donors (Lipinski definition) is 1. The Morgan fingerprint density at radius 3 is 2.53 bits per heavy atom. The van der Waals surface area contributed by atoms with Crippen LogP contribution in [-0.2, 0) is 22.5 Å². The lowest BCUT2D eigenvalue weighted by atomic mass is 10.1. The molecule has 0 bridgehead atoms. The SMILES string of the molecule is CCCCNC(=O)N(CCN1CCOCC1)CC(=O)N(CCc1ccccc1)Cc1ccco1. The van der Waals surface area contributed by atoms with E-state index in [2.05, 4.69) is 29.3 Å². The van der Waals surface area contributed by atoms with E-state index in [0.717, 1.165) is 44.7 Å². The molecule has 1 aliphatic rings. The van der Waals surface area contributed by atoms with Crippen molar-refractivity contribution >= 4 is 11.9 Å². The number of nitrogens with zero attached hydrogens (tertiary/aromatic N) is 3. The highest BCUT2D eigenvalue weighted by Crippen LogP contribution is 2.10. The second-order valence-corrected chi connectivity index (χ2v) is 8.59. The summed E-state index contributed by atoms with van der Waals surface area (Å²) in [5.41, 5.74) is 1.17. The normalized spacial score (nSPS) is 14.0. The summed E-state index contributed by atoms with van der Waals surface area (Å²) >= 11 is 0. The molecule has 0 saturated carbocycles. The van der Waals surface area contributed by atoms with Crippen LogP contribution in [0.5, 0.6) is 0 Å². The molecule has 0 spiro atoms. The first-order chi connectivity index (χ1) is 16.7. The predicted octanol–water partition coefficient (Wildman–Crippen LogP) is 2.99. The third kappa shape index (κ3) is 8.83. The average Bonchev–Trinajstić information content (AvgIpc) is 3.38. The molecule has 0 aliphatic carbocycles. The molecule has 1 N–H and O–H groups in total. The van der Waals surface area contributed by atoms with Crippen LogP contribution in [0, 0.1) is 0 Å². The van der Waals surface area contributed by atoms with E-state index in [0.29, 0.717) is 39.4 Å². The van der Waals surface area contributed by atoms with Crippen molar-refractivity contribution in [1.29, 1.82) is 0 Å². The summed E-state index contributed by atoms with van der Waals surface area (Å²) in [7, 11) is 0. The molecule has 1 saturated heterocycles. The van der Waals surface area contributed by atoms with Crippen LogP contribution in [0.2, 0.25) is 0 Å². The van der Waals surface area contributed by atoms with Crippen LogP contribution >= 0.6 is 0 Å². The van der Waals surface area contributed by atoms with Gasteiger partial charge in [-0.2, -0.15) is 0 Å². The number of rotatable bonds is 13. The zero-order valence-electron chi connectivity index (χ0n) is 20.3. The van der Waals surface area contributed by atoms with Gasteiger partial charge in [-0.25, -0.2) is 4.79 Å². The number of amides is 3. The highest BCUT2D eigenvalue weighted by Gasteiger charge is 2.23. The van der Waals surface area contributed by atoms with Gasteiger partial charge in [0.15, 0.2) is 0 Å². The Balaban J connectivity index is 1.64. The van der Waals surface area contributed by atoms with E-state index in [1.165, 1.54) is 5.56 Å². The smallest absolute Gasteiger partial charge is 0.317 e. The van der Waals surface area contributed by atoms with Gasteiger partial charge in [0, 0.05) is 39.3 Å². The molecular weight excluding hydrogens is 432 g/mol. The Kier molecular flexibility index (Phi) is 10.9. The number of urea groups is 1. The summed E-state index contributed by atoms with van der Waals surface area (Å²) < 4.78 is 10.9. The van der Waals surface area contributed by atoms with Gasteiger partial charge in [-0.3, -0.25) is 9.69 Å². The van der Waals surface area contributed by atoms with Crippen molar-refractivity contribution in [2.75, 3.05) is 59.0 Å². The number of morpholine rings is 1. The van der Waals surface area contributed by atoms with Gasteiger partial charge in [0.05, 0.1) is 26.0 Å². The van der Waals surface area contributed by atoms with Gasteiger partial charge in [0.25, 0.3) is 0 Å². The lowest BCUT2D eigenvalue weighted by Gasteiger charge is -2.31. The Labute approximate surface area is 202 Å². The van der Waals surface area contributed by atoms with E-state index in [-0.39, 0.29) is 18.5 Å².